The van der Waals surface area contributed by atoms with Crippen molar-refractivity contribution in [2.75, 3.05) is 7.11 Å². The third-order valence-corrected chi connectivity index (χ3v) is 6.56. The summed E-state index contributed by atoms with van der Waals surface area (Å²) in [5.41, 5.74) is 2.36. The Morgan fingerprint density at radius 2 is 2.13 bits per heavy atom. The monoisotopic (exact) mass is 503 g/mol. The standard InChI is InChI=1S/C21H15BrClN3O3S/c1-29-19(27)11-26-10-12(14-4-2-3-5-17(14)26)8-18-20(28)25-21(30-18)24-13-6-7-15(22)16(23)9-13/h2-10H,11H2,1H3,(H,24,25,28)/b18-8-. The molecule has 1 amide bonds. The smallest absolute Gasteiger partial charge is 0.325 e. The van der Waals surface area contributed by atoms with Crippen LogP contribution in [0.1, 0.15) is 5.56 Å². The van der Waals surface area contributed by atoms with Crippen LogP contribution >= 0.6 is 39.3 Å². The van der Waals surface area contributed by atoms with Gasteiger partial charge in [-0.1, -0.05) is 29.8 Å². The third-order valence-electron chi connectivity index (χ3n) is 4.42. The van der Waals surface area contributed by atoms with Gasteiger partial charge in [-0.05, 0) is 58.0 Å². The van der Waals surface area contributed by atoms with Gasteiger partial charge in [0.1, 0.15) is 6.54 Å². The number of methoxy groups -OCH3 is 1. The number of halogens is 2. The largest absolute Gasteiger partial charge is 0.468 e. The molecule has 1 N–H and O–H groups in total. The molecule has 1 aliphatic heterocycles. The van der Waals surface area contributed by atoms with E-state index in [1.807, 2.05) is 35.0 Å². The van der Waals surface area contributed by atoms with Crippen LogP contribution in [0, 0.1) is 0 Å². The van der Waals surface area contributed by atoms with Crippen molar-refractivity contribution >= 4 is 79.0 Å². The third kappa shape index (κ3) is 4.30. The van der Waals surface area contributed by atoms with Crippen molar-refractivity contribution in [3.8, 4) is 0 Å². The second-order valence-electron chi connectivity index (χ2n) is 6.39. The summed E-state index contributed by atoms with van der Waals surface area (Å²) in [7, 11) is 1.36. The quantitative estimate of drug-likeness (QED) is 0.395. The molecule has 0 radical (unpaired) electrons. The minimum atomic E-state index is -0.342. The molecule has 6 nitrogen and oxygen atoms in total. The normalized spacial score (nSPS) is 16.4. The Hall–Kier alpha value is -2.55. The Kier molecular flexibility index (Phi) is 5.99. The lowest BCUT2D eigenvalue weighted by molar-refractivity contribution is -0.141. The van der Waals surface area contributed by atoms with E-state index in [0.29, 0.717) is 20.8 Å². The van der Waals surface area contributed by atoms with Crippen molar-refractivity contribution in [3.05, 3.63) is 68.6 Å². The molecule has 0 spiro atoms. The highest BCUT2D eigenvalue weighted by Gasteiger charge is 2.24. The van der Waals surface area contributed by atoms with E-state index < -0.39 is 0 Å². The maximum Gasteiger partial charge on any atom is 0.325 e. The highest BCUT2D eigenvalue weighted by molar-refractivity contribution is 9.10. The Labute approximate surface area is 190 Å². The molecule has 9 heteroatoms. The van der Waals surface area contributed by atoms with Crippen LogP contribution in [0.3, 0.4) is 0 Å². The lowest BCUT2D eigenvalue weighted by Crippen LogP contribution is -2.19. The van der Waals surface area contributed by atoms with Crippen molar-refractivity contribution in [2.24, 2.45) is 4.99 Å². The van der Waals surface area contributed by atoms with Gasteiger partial charge in [-0.15, -0.1) is 0 Å². The zero-order valence-corrected chi connectivity index (χ0v) is 18.8. The number of rotatable bonds is 4. The fraction of sp³-hybridized carbons (Fsp3) is 0.0952. The first-order valence-electron chi connectivity index (χ1n) is 8.84. The van der Waals surface area contributed by atoms with Gasteiger partial charge in [0.05, 0.1) is 22.7 Å². The van der Waals surface area contributed by atoms with E-state index in [2.05, 4.69) is 26.2 Å². The van der Waals surface area contributed by atoms with Gasteiger partial charge in [-0.2, -0.15) is 0 Å². The Morgan fingerprint density at radius 1 is 1.33 bits per heavy atom. The predicted octanol–water partition coefficient (Wildman–Crippen LogP) is 5.12. The second-order valence-corrected chi connectivity index (χ2v) is 8.68. The summed E-state index contributed by atoms with van der Waals surface area (Å²) in [6, 6.07) is 13.0. The number of carbonyl (C=O) groups excluding carboxylic acids is 2. The minimum Gasteiger partial charge on any atom is -0.468 e. The number of aliphatic imine (C=N–C) groups is 1. The summed E-state index contributed by atoms with van der Waals surface area (Å²) < 4.78 is 7.37. The van der Waals surface area contributed by atoms with E-state index in [1.165, 1.54) is 18.9 Å². The topological polar surface area (TPSA) is 72.7 Å². The molecular formula is C21H15BrClN3O3S. The van der Waals surface area contributed by atoms with Crippen molar-refractivity contribution in [3.63, 3.8) is 0 Å². The number of ether oxygens (including phenoxy) is 1. The molecule has 3 aromatic rings. The number of para-hydroxylation sites is 1. The molecule has 0 bridgehead atoms. The van der Waals surface area contributed by atoms with Gasteiger partial charge in [0.2, 0.25) is 0 Å². The number of aromatic nitrogens is 1. The molecule has 1 aliphatic rings. The van der Waals surface area contributed by atoms with E-state index in [0.717, 1.165) is 20.9 Å². The summed E-state index contributed by atoms with van der Waals surface area (Å²) in [5.74, 6) is -0.572. The van der Waals surface area contributed by atoms with Gasteiger partial charge in [-0.25, -0.2) is 4.99 Å². The van der Waals surface area contributed by atoms with E-state index in [1.54, 1.807) is 24.3 Å². The number of thioether (sulfide) groups is 1. The van der Waals surface area contributed by atoms with Crippen molar-refractivity contribution in [1.29, 1.82) is 0 Å². The van der Waals surface area contributed by atoms with Gasteiger partial charge < -0.3 is 14.6 Å². The Bertz CT molecular complexity index is 1240. The van der Waals surface area contributed by atoms with Crippen LogP contribution in [0.15, 0.2) is 63.0 Å². The molecule has 30 heavy (non-hydrogen) atoms. The van der Waals surface area contributed by atoms with Gasteiger partial charge in [0, 0.05) is 27.1 Å². The van der Waals surface area contributed by atoms with Crippen LogP contribution in [-0.4, -0.2) is 28.7 Å². The number of amides is 1. The first kappa shape index (κ1) is 20.7. The summed E-state index contributed by atoms with van der Waals surface area (Å²) in [6.07, 6.45) is 3.64. The van der Waals surface area contributed by atoms with E-state index in [-0.39, 0.29) is 18.4 Å². The summed E-state index contributed by atoms with van der Waals surface area (Å²) in [6.45, 7) is 0.0938. The van der Waals surface area contributed by atoms with Gasteiger partial charge >= 0.3 is 5.97 Å². The van der Waals surface area contributed by atoms with Crippen molar-refractivity contribution < 1.29 is 14.3 Å². The SMILES string of the molecule is COC(=O)Cn1cc(/C=C2\SC(=Nc3ccc(Br)c(Cl)c3)NC2=O)c2ccccc21. The summed E-state index contributed by atoms with van der Waals surface area (Å²) >= 11 is 10.7. The predicted molar refractivity (Wildman–Crippen MR) is 124 cm³/mol. The van der Waals surface area contributed by atoms with Crippen LogP contribution in [0.25, 0.3) is 17.0 Å². The number of nitrogens with one attached hydrogen (secondary N) is 1. The average Bonchev–Trinajstić information content (AvgIpc) is 3.25. The highest BCUT2D eigenvalue weighted by atomic mass is 79.9. The van der Waals surface area contributed by atoms with Gasteiger partial charge in [-0.3, -0.25) is 9.59 Å². The molecule has 152 valence electrons. The van der Waals surface area contributed by atoms with Crippen LogP contribution < -0.4 is 5.32 Å². The van der Waals surface area contributed by atoms with Crippen LogP contribution in [0.4, 0.5) is 5.69 Å². The molecular weight excluding hydrogens is 490 g/mol. The summed E-state index contributed by atoms with van der Waals surface area (Å²) in [5, 5.41) is 4.73. The summed E-state index contributed by atoms with van der Waals surface area (Å²) in [4.78, 5) is 29.2. The molecule has 0 atom stereocenters. The molecule has 4 rings (SSSR count). The van der Waals surface area contributed by atoms with Gasteiger partial charge in [0.25, 0.3) is 5.91 Å². The number of hydrogen-bond donors (Lipinski definition) is 1. The number of hydrogen-bond acceptors (Lipinski definition) is 5. The zero-order chi connectivity index (χ0) is 21.3. The number of amidine groups is 1. The lowest BCUT2D eigenvalue weighted by atomic mass is 10.1. The molecule has 1 aromatic heterocycles. The number of carbonyl (C=O) groups is 2. The molecule has 1 fully saturated rings. The maximum absolute atomic E-state index is 12.5. The Morgan fingerprint density at radius 3 is 2.90 bits per heavy atom. The second kappa shape index (κ2) is 8.67. The number of fused-ring (bicyclic) bond motifs is 1. The molecule has 0 aliphatic carbocycles. The molecule has 2 aromatic carbocycles. The van der Waals surface area contributed by atoms with Crippen molar-refractivity contribution in [1.82, 2.24) is 9.88 Å². The van der Waals surface area contributed by atoms with Crippen LogP contribution in [-0.2, 0) is 20.9 Å². The fourth-order valence-electron chi connectivity index (χ4n) is 3.02. The molecule has 0 unspecified atom stereocenters. The molecule has 2 heterocycles. The Balaban J connectivity index is 1.66. The van der Waals surface area contributed by atoms with Crippen LogP contribution in [0.5, 0.6) is 0 Å². The highest BCUT2D eigenvalue weighted by Crippen LogP contribution is 2.32. The number of benzene rings is 2. The molecule has 1 saturated heterocycles. The number of esters is 1. The fourth-order valence-corrected chi connectivity index (χ4v) is 4.27. The first-order valence-corrected chi connectivity index (χ1v) is 10.8. The van der Waals surface area contributed by atoms with E-state index >= 15 is 0 Å². The zero-order valence-electron chi connectivity index (χ0n) is 15.7. The van der Waals surface area contributed by atoms with E-state index in [9.17, 15) is 9.59 Å². The molecule has 0 saturated carbocycles. The maximum atomic E-state index is 12.5. The minimum absolute atomic E-state index is 0.0938. The van der Waals surface area contributed by atoms with E-state index in [4.69, 9.17) is 16.3 Å². The number of nitrogens with zero attached hydrogens (tertiary/aromatic N) is 2. The lowest BCUT2D eigenvalue weighted by Gasteiger charge is -2.02. The van der Waals surface area contributed by atoms with Gasteiger partial charge in [0.15, 0.2) is 5.17 Å². The van der Waals surface area contributed by atoms with Crippen LogP contribution in [0.2, 0.25) is 5.02 Å². The average molecular weight is 505 g/mol. The van der Waals surface area contributed by atoms with Crippen molar-refractivity contribution in [2.45, 2.75) is 6.54 Å². The first-order chi connectivity index (χ1) is 14.4.